The largest absolute Gasteiger partial charge is 0.458 e. The Morgan fingerprint density at radius 2 is 1.95 bits per heavy atom. The average molecular weight is 301 g/mol. The second-order valence-electron chi connectivity index (χ2n) is 6.86. The lowest BCUT2D eigenvalue weighted by Gasteiger charge is -2.45. The van der Waals surface area contributed by atoms with E-state index in [2.05, 4.69) is 11.9 Å². The molecule has 5 nitrogen and oxygen atoms in total. The highest BCUT2D eigenvalue weighted by Gasteiger charge is 2.50. The number of rotatable bonds is 0. The zero-order chi connectivity index (χ0) is 14.8. The SMILES string of the molecule is CN1CCC2CCC3OC(=O)c4cc5c(cc4C3C21)OCO5. The zero-order valence-corrected chi connectivity index (χ0v) is 12.6. The van der Waals surface area contributed by atoms with E-state index in [9.17, 15) is 4.79 Å². The highest BCUT2D eigenvalue weighted by atomic mass is 16.7. The first-order valence-electron chi connectivity index (χ1n) is 8.07. The van der Waals surface area contributed by atoms with Gasteiger partial charge in [0.05, 0.1) is 5.56 Å². The van der Waals surface area contributed by atoms with Gasteiger partial charge in [0, 0.05) is 12.0 Å². The van der Waals surface area contributed by atoms with E-state index in [0.29, 0.717) is 23.3 Å². The van der Waals surface area contributed by atoms with Crippen molar-refractivity contribution in [1.29, 1.82) is 0 Å². The predicted molar refractivity (Wildman–Crippen MR) is 78.3 cm³/mol. The van der Waals surface area contributed by atoms with Gasteiger partial charge in [-0.3, -0.25) is 0 Å². The molecule has 1 saturated heterocycles. The highest BCUT2D eigenvalue weighted by Crippen LogP contribution is 2.50. The maximum Gasteiger partial charge on any atom is 0.338 e. The number of nitrogens with zero attached hydrogens (tertiary/aromatic N) is 1. The third kappa shape index (κ3) is 1.60. The topological polar surface area (TPSA) is 48.0 Å². The van der Waals surface area contributed by atoms with Crippen molar-refractivity contribution in [3.05, 3.63) is 23.3 Å². The van der Waals surface area contributed by atoms with Crippen molar-refractivity contribution in [2.24, 2.45) is 5.92 Å². The molecule has 1 saturated carbocycles. The number of ether oxygens (including phenoxy) is 3. The van der Waals surface area contributed by atoms with Crippen molar-refractivity contribution in [3.63, 3.8) is 0 Å². The van der Waals surface area contributed by atoms with Crippen molar-refractivity contribution >= 4 is 5.97 Å². The Bertz CT molecular complexity index is 658. The van der Waals surface area contributed by atoms with Crippen molar-refractivity contribution in [1.82, 2.24) is 4.90 Å². The van der Waals surface area contributed by atoms with E-state index < -0.39 is 0 Å². The van der Waals surface area contributed by atoms with Crippen LogP contribution in [0.25, 0.3) is 0 Å². The van der Waals surface area contributed by atoms with E-state index in [0.717, 1.165) is 30.7 Å². The summed E-state index contributed by atoms with van der Waals surface area (Å²) in [4.78, 5) is 14.8. The maximum atomic E-state index is 12.4. The fourth-order valence-electron chi connectivity index (χ4n) is 4.84. The first kappa shape index (κ1) is 12.8. The lowest BCUT2D eigenvalue weighted by atomic mass is 9.70. The number of carbonyl (C=O) groups excluding carboxylic acids is 1. The van der Waals surface area contributed by atoms with Crippen LogP contribution in [0.2, 0.25) is 0 Å². The molecule has 0 radical (unpaired) electrons. The Balaban J connectivity index is 1.66. The van der Waals surface area contributed by atoms with E-state index in [1.54, 1.807) is 6.07 Å². The van der Waals surface area contributed by atoms with Crippen LogP contribution in [0, 0.1) is 5.92 Å². The number of hydrogen-bond acceptors (Lipinski definition) is 5. The molecule has 0 aromatic heterocycles. The van der Waals surface area contributed by atoms with Crippen LogP contribution in [-0.2, 0) is 4.74 Å². The van der Waals surface area contributed by atoms with Crippen molar-refractivity contribution in [3.8, 4) is 11.5 Å². The number of carbonyl (C=O) groups is 1. The lowest BCUT2D eigenvalue weighted by Crippen LogP contribution is -2.48. The number of likely N-dealkylation sites (N-methyl/N-ethyl adjacent to an activating group) is 1. The number of likely N-dealkylation sites (tertiary alicyclic amines) is 1. The third-order valence-electron chi connectivity index (χ3n) is 5.82. The van der Waals surface area contributed by atoms with E-state index in [1.165, 1.54) is 6.42 Å². The van der Waals surface area contributed by atoms with Crippen LogP contribution in [0.1, 0.15) is 41.1 Å². The molecular formula is C17H19NO4. The summed E-state index contributed by atoms with van der Waals surface area (Å²) in [6.07, 6.45) is 3.38. The maximum absolute atomic E-state index is 12.4. The summed E-state index contributed by atoms with van der Waals surface area (Å²) in [5, 5.41) is 0. The average Bonchev–Trinajstić information content (AvgIpc) is 3.12. The van der Waals surface area contributed by atoms with Crippen molar-refractivity contribution in [2.45, 2.75) is 37.3 Å². The number of fused-ring (bicyclic) bond motifs is 6. The van der Waals surface area contributed by atoms with Crippen LogP contribution in [0.3, 0.4) is 0 Å². The molecular weight excluding hydrogens is 282 g/mol. The Morgan fingerprint density at radius 1 is 1.14 bits per heavy atom. The van der Waals surface area contributed by atoms with Crippen LogP contribution in [0.15, 0.2) is 12.1 Å². The standard InChI is InChI=1S/C17H19NO4/c1-18-5-4-9-2-3-12-15(16(9)18)10-6-13-14(21-8-20-13)7-11(10)17(19)22-12/h6-7,9,12,15-16H,2-5,8H2,1H3. The monoisotopic (exact) mass is 301 g/mol. The number of hydrogen-bond donors (Lipinski definition) is 0. The molecule has 3 heterocycles. The molecule has 0 N–H and O–H groups in total. The molecule has 3 aliphatic heterocycles. The van der Waals surface area contributed by atoms with Gasteiger partial charge in [-0.15, -0.1) is 0 Å². The van der Waals surface area contributed by atoms with Gasteiger partial charge in [-0.25, -0.2) is 4.79 Å². The summed E-state index contributed by atoms with van der Waals surface area (Å²) < 4.78 is 16.7. The molecule has 5 rings (SSSR count). The van der Waals surface area contributed by atoms with Gasteiger partial charge in [-0.2, -0.15) is 0 Å². The van der Waals surface area contributed by atoms with Gasteiger partial charge >= 0.3 is 5.97 Å². The molecule has 4 atom stereocenters. The quantitative estimate of drug-likeness (QED) is 0.687. The number of benzene rings is 1. The molecule has 22 heavy (non-hydrogen) atoms. The summed E-state index contributed by atoms with van der Waals surface area (Å²) >= 11 is 0. The van der Waals surface area contributed by atoms with Gasteiger partial charge in [-0.1, -0.05) is 0 Å². The molecule has 0 amide bonds. The van der Waals surface area contributed by atoms with E-state index in [-0.39, 0.29) is 24.8 Å². The highest BCUT2D eigenvalue weighted by molar-refractivity contribution is 5.94. The molecule has 2 fully saturated rings. The van der Waals surface area contributed by atoms with Crippen molar-refractivity contribution in [2.75, 3.05) is 20.4 Å². The Labute approximate surface area is 129 Å². The Hall–Kier alpha value is -1.75. The summed E-state index contributed by atoms with van der Waals surface area (Å²) in [6.45, 7) is 1.36. The number of esters is 1. The first-order valence-corrected chi connectivity index (χ1v) is 8.07. The minimum absolute atomic E-state index is 0.00201. The molecule has 0 spiro atoms. The van der Waals surface area contributed by atoms with Crippen LogP contribution >= 0.6 is 0 Å². The van der Waals surface area contributed by atoms with Crippen molar-refractivity contribution < 1.29 is 19.0 Å². The minimum atomic E-state index is -0.214. The zero-order valence-electron chi connectivity index (χ0n) is 12.6. The van der Waals surface area contributed by atoms with Gasteiger partial charge in [0.1, 0.15) is 6.10 Å². The van der Waals surface area contributed by atoms with Crippen LogP contribution in [-0.4, -0.2) is 43.4 Å². The van der Waals surface area contributed by atoms with Gasteiger partial charge in [0.15, 0.2) is 11.5 Å². The second kappa shape index (κ2) is 4.38. The van der Waals surface area contributed by atoms with Crippen LogP contribution in [0.4, 0.5) is 0 Å². The van der Waals surface area contributed by atoms with Gasteiger partial charge in [0.25, 0.3) is 0 Å². The Morgan fingerprint density at radius 3 is 2.82 bits per heavy atom. The van der Waals surface area contributed by atoms with Crippen LogP contribution < -0.4 is 9.47 Å². The lowest BCUT2D eigenvalue weighted by molar-refractivity contribution is -0.0124. The third-order valence-corrected chi connectivity index (χ3v) is 5.82. The Kier molecular flexibility index (Phi) is 2.54. The fraction of sp³-hybridized carbons (Fsp3) is 0.588. The second-order valence-corrected chi connectivity index (χ2v) is 6.86. The summed E-state index contributed by atoms with van der Waals surface area (Å²) in [7, 11) is 2.19. The molecule has 116 valence electrons. The van der Waals surface area contributed by atoms with E-state index in [1.807, 2.05) is 6.07 Å². The summed E-state index contributed by atoms with van der Waals surface area (Å²) in [6, 6.07) is 4.28. The minimum Gasteiger partial charge on any atom is -0.458 e. The van der Waals surface area contributed by atoms with Gasteiger partial charge < -0.3 is 19.1 Å². The molecule has 0 bridgehead atoms. The molecule has 1 aliphatic carbocycles. The molecule has 5 heteroatoms. The van der Waals surface area contributed by atoms with E-state index in [4.69, 9.17) is 14.2 Å². The first-order chi connectivity index (χ1) is 10.7. The molecule has 4 unspecified atom stereocenters. The fourth-order valence-corrected chi connectivity index (χ4v) is 4.84. The summed E-state index contributed by atoms with van der Waals surface area (Å²) in [5.74, 6) is 2.17. The molecule has 4 aliphatic rings. The normalized spacial score (nSPS) is 35.6. The summed E-state index contributed by atoms with van der Waals surface area (Å²) in [5.41, 5.74) is 1.75. The van der Waals surface area contributed by atoms with Gasteiger partial charge in [0.2, 0.25) is 6.79 Å². The molecule has 1 aromatic carbocycles. The van der Waals surface area contributed by atoms with Crippen LogP contribution in [0.5, 0.6) is 11.5 Å². The predicted octanol–water partition coefficient (Wildman–Crippen LogP) is 2.15. The van der Waals surface area contributed by atoms with E-state index >= 15 is 0 Å². The smallest absolute Gasteiger partial charge is 0.338 e. The molecule has 1 aromatic rings. The van der Waals surface area contributed by atoms with Gasteiger partial charge in [-0.05, 0) is 56.5 Å².